The minimum atomic E-state index is -0.189. The van der Waals surface area contributed by atoms with E-state index in [2.05, 4.69) is 9.97 Å². The summed E-state index contributed by atoms with van der Waals surface area (Å²) in [5.74, 6) is 0.640. The molecule has 0 radical (unpaired) electrons. The molecule has 136 valence electrons. The Morgan fingerprint density at radius 3 is 3.08 bits per heavy atom. The third-order valence-electron chi connectivity index (χ3n) is 5.33. The molecule has 6 heteroatoms. The Labute approximate surface area is 153 Å². The molecule has 0 unspecified atom stereocenters. The van der Waals surface area contributed by atoms with Crippen molar-refractivity contribution in [2.24, 2.45) is 5.41 Å². The van der Waals surface area contributed by atoms with Gasteiger partial charge in [-0.15, -0.1) is 0 Å². The highest BCUT2D eigenvalue weighted by Crippen LogP contribution is 2.40. The normalized spacial score (nSPS) is 25.4. The summed E-state index contributed by atoms with van der Waals surface area (Å²) in [5.41, 5.74) is 0.440. The number of amides is 1. The molecule has 2 fully saturated rings. The zero-order chi connectivity index (χ0) is 17.8. The van der Waals surface area contributed by atoms with Gasteiger partial charge in [0.2, 0.25) is 5.88 Å². The summed E-state index contributed by atoms with van der Waals surface area (Å²) < 4.78 is 12.1. The number of pyridine rings is 2. The van der Waals surface area contributed by atoms with Crippen LogP contribution >= 0.6 is 0 Å². The SMILES string of the molecule is O=C(c1cccnc1)N1CC[C@H]2OCCC[C@@]2(COc2ccccn2)C1. The van der Waals surface area contributed by atoms with Crippen molar-refractivity contribution in [2.45, 2.75) is 25.4 Å². The number of carbonyl (C=O) groups is 1. The van der Waals surface area contributed by atoms with E-state index in [1.165, 1.54) is 0 Å². The minimum absolute atomic E-state index is 0.0272. The lowest BCUT2D eigenvalue weighted by molar-refractivity contribution is -0.133. The Morgan fingerprint density at radius 2 is 2.27 bits per heavy atom. The summed E-state index contributed by atoms with van der Waals surface area (Å²) in [6, 6.07) is 9.25. The van der Waals surface area contributed by atoms with Crippen LogP contribution < -0.4 is 4.74 Å². The quantitative estimate of drug-likeness (QED) is 0.845. The lowest BCUT2D eigenvalue weighted by atomic mass is 9.73. The van der Waals surface area contributed by atoms with Crippen molar-refractivity contribution in [1.82, 2.24) is 14.9 Å². The molecular formula is C20H23N3O3. The highest BCUT2D eigenvalue weighted by atomic mass is 16.5. The van der Waals surface area contributed by atoms with Crippen LogP contribution in [-0.2, 0) is 4.74 Å². The standard InChI is InChI=1S/C20H23N3O3/c24-19(16-5-3-9-21-13-16)23-11-7-17-20(14-23,8-4-12-25-17)15-26-18-6-1-2-10-22-18/h1-3,5-6,9-10,13,17H,4,7-8,11-12,14-15H2/t17-,20+/m1/s1. The third-order valence-corrected chi connectivity index (χ3v) is 5.33. The number of rotatable bonds is 4. The first-order valence-corrected chi connectivity index (χ1v) is 9.12. The summed E-state index contributed by atoms with van der Waals surface area (Å²) in [4.78, 5) is 23.1. The second-order valence-electron chi connectivity index (χ2n) is 7.04. The summed E-state index contributed by atoms with van der Waals surface area (Å²) in [7, 11) is 0. The van der Waals surface area contributed by atoms with Gasteiger partial charge in [-0.25, -0.2) is 4.98 Å². The van der Waals surface area contributed by atoms with Crippen molar-refractivity contribution in [3.8, 4) is 5.88 Å². The minimum Gasteiger partial charge on any atom is -0.477 e. The molecule has 1 amide bonds. The Balaban J connectivity index is 1.52. The zero-order valence-electron chi connectivity index (χ0n) is 14.7. The molecule has 0 bridgehead atoms. The summed E-state index contributed by atoms with van der Waals surface area (Å²) in [6.07, 6.45) is 7.96. The van der Waals surface area contributed by atoms with Gasteiger partial charge in [0.05, 0.1) is 18.3 Å². The molecule has 4 rings (SSSR count). The topological polar surface area (TPSA) is 64.6 Å². The number of piperidine rings is 1. The van der Waals surface area contributed by atoms with Crippen LogP contribution in [0, 0.1) is 5.41 Å². The van der Waals surface area contributed by atoms with E-state index in [1.54, 1.807) is 24.7 Å². The predicted molar refractivity (Wildman–Crippen MR) is 95.9 cm³/mol. The van der Waals surface area contributed by atoms with Crippen LogP contribution in [0.3, 0.4) is 0 Å². The Hall–Kier alpha value is -2.47. The van der Waals surface area contributed by atoms with Gasteiger partial charge in [0.1, 0.15) is 0 Å². The number of likely N-dealkylation sites (tertiary alicyclic amines) is 1. The number of hydrogen-bond donors (Lipinski definition) is 0. The molecule has 2 aliphatic heterocycles. The first-order valence-electron chi connectivity index (χ1n) is 9.12. The van der Waals surface area contributed by atoms with Crippen LogP contribution in [0.25, 0.3) is 0 Å². The molecule has 2 aromatic rings. The van der Waals surface area contributed by atoms with Gasteiger partial charge in [0.25, 0.3) is 5.91 Å². The number of fused-ring (bicyclic) bond motifs is 1. The average molecular weight is 353 g/mol. The van der Waals surface area contributed by atoms with E-state index in [4.69, 9.17) is 9.47 Å². The summed E-state index contributed by atoms with van der Waals surface area (Å²) >= 11 is 0. The van der Waals surface area contributed by atoms with Crippen LogP contribution in [0.2, 0.25) is 0 Å². The highest BCUT2D eigenvalue weighted by Gasteiger charge is 2.47. The number of aromatic nitrogens is 2. The van der Waals surface area contributed by atoms with Crippen molar-refractivity contribution in [3.63, 3.8) is 0 Å². The molecule has 26 heavy (non-hydrogen) atoms. The van der Waals surface area contributed by atoms with Gasteiger partial charge >= 0.3 is 0 Å². The molecule has 0 aromatic carbocycles. The van der Waals surface area contributed by atoms with Crippen LogP contribution in [0.1, 0.15) is 29.6 Å². The fourth-order valence-corrected chi connectivity index (χ4v) is 4.00. The second-order valence-corrected chi connectivity index (χ2v) is 7.04. The Kier molecular flexibility index (Phi) is 4.84. The first-order chi connectivity index (χ1) is 12.8. The van der Waals surface area contributed by atoms with Gasteiger partial charge in [-0.2, -0.15) is 0 Å². The van der Waals surface area contributed by atoms with Crippen molar-refractivity contribution in [3.05, 3.63) is 54.5 Å². The summed E-state index contributed by atoms with van der Waals surface area (Å²) in [5, 5.41) is 0. The molecule has 2 saturated heterocycles. The number of nitrogens with zero attached hydrogens (tertiary/aromatic N) is 3. The Morgan fingerprint density at radius 1 is 1.31 bits per heavy atom. The summed E-state index contributed by atoms with van der Waals surface area (Å²) in [6.45, 7) is 2.63. The average Bonchev–Trinajstić information content (AvgIpc) is 2.73. The molecular weight excluding hydrogens is 330 g/mol. The van der Waals surface area contributed by atoms with E-state index in [-0.39, 0.29) is 17.4 Å². The molecule has 0 saturated carbocycles. The van der Waals surface area contributed by atoms with Gasteiger partial charge in [-0.3, -0.25) is 9.78 Å². The van der Waals surface area contributed by atoms with E-state index < -0.39 is 0 Å². The number of hydrogen-bond acceptors (Lipinski definition) is 5. The van der Waals surface area contributed by atoms with Gasteiger partial charge in [-0.1, -0.05) is 6.07 Å². The molecule has 0 aliphatic carbocycles. The van der Waals surface area contributed by atoms with Crippen molar-refractivity contribution < 1.29 is 14.3 Å². The molecule has 4 heterocycles. The van der Waals surface area contributed by atoms with Crippen molar-refractivity contribution >= 4 is 5.91 Å². The van der Waals surface area contributed by atoms with Crippen LogP contribution in [0.5, 0.6) is 5.88 Å². The van der Waals surface area contributed by atoms with Crippen LogP contribution in [0.4, 0.5) is 0 Å². The maximum atomic E-state index is 12.9. The largest absolute Gasteiger partial charge is 0.477 e. The maximum Gasteiger partial charge on any atom is 0.255 e. The van der Waals surface area contributed by atoms with E-state index >= 15 is 0 Å². The predicted octanol–water partition coefficient (Wildman–Crippen LogP) is 2.57. The molecule has 2 aliphatic rings. The smallest absolute Gasteiger partial charge is 0.255 e. The van der Waals surface area contributed by atoms with Crippen LogP contribution in [0.15, 0.2) is 48.9 Å². The third kappa shape index (κ3) is 3.42. The monoisotopic (exact) mass is 353 g/mol. The lowest BCUT2D eigenvalue weighted by Gasteiger charge is -2.50. The fraction of sp³-hybridized carbons (Fsp3) is 0.450. The van der Waals surface area contributed by atoms with E-state index in [0.717, 1.165) is 25.9 Å². The zero-order valence-corrected chi connectivity index (χ0v) is 14.7. The van der Waals surface area contributed by atoms with Crippen molar-refractivity contribution in [2.75, 3.05) is 26.3 Å². The molecule has 2 atom stereocenters. The first kappa shape index (κ1) is 17.0. The van der Waals surface area contributed by atoms with Gasteiger partial charge in [0.15, 0.2) is 0 Å². The maximum absolute atomic E-state index is 12.9. The Bertz CT molecular complexity index is 740. The van der Waals surface area contributed by atoms with E-state index in [9.17, 15) is 4.79 Å². The van der Waals surface area contributed by atoms with Gasteiger partial charge in [-0.05, 0) is 37.5 Å². The highest BCUT2D eigenvalue weighted by molar-refractivity contribution is 5.94. The van der Waals surface area contributed by atoms with Crippen LogP contribution in [-0.4, -0.2) is 53.2 Å². The molecule has 0 N–H and O–H groups in total. The number of ether oxygens (including phenoxy) is 2. The molecule has 2 aromatic heterocycles. The van der Waals surface area contributed by atoms with Gasteiger partial charge < -0.3 is 14.4 Å². The molecule has 0 spiro atoms. The fourth-order valence-electron chi connectivity index (χ4n) is 4.00. The molecule has 6 nitrogen and oxygen atoms in total. The lowest BCUT2D eigenvalue weighted by Crippen LogP contribution is -2.58. The van der Waals surface area contributed by atoms with E-state index in [0.29, 0.717) is 31.1 Å². The van der Waals surface area contributed by atoms with E-state index in [1.807, 2.05) is 29.2 Å². The second kappa shape index (κ2) is 7.41. The van der Waals surface area contributed by atoms with Gasteiger partial charge in [0, 0.05) is 49.8 Å². The number of carbonyl (C=O) groups excluding carboxylic acids is 1. The van der Waals surface area contributed by atoms with Crippen molar-refractivity contribution in [1.29, 1.82) is 0 Å².